The van der Waals surface area contributed by atoms with Crippen molar-refractivity contribution >= 4 is 0 Å². The molecule has 0 spiro atoms. The van der Waals surface area contributed by atoms with Gasteiger partial charge in [0.15, 0.2) is 0 Å². The first kappa shape index (κ1) is 11.0. The lowest BCUT2D eigenvalue weighted by Gasteiger charge is -2.33. The Morgan fingerprint density at radius 3 is 2.38 bits per heavy atom. The predicted molar refractivity (Wildman–Crippen MR) is 54.8 cm³/mol. The van der Waals surface area contributed by atoms with Crippen molar-refractivity contribution in [2.75, 3.05) is 33.7 Å². The minimum Gasteiger partial charge on any atom is -0.393 e. The van der Waals surface area contributed by atoms with Gasteiger partial charge in [0, 0.05) is 25.7 Å². The summed E-state index contributed by atoms with van der Waals surface area (Å²) in [6.07, 6.45) is 1.84. The van der Waals surface area contributed by atoms with Gasteiger partial charge in [0.1, 0.15) is 0 Å². The summed E-state index contributed by atoms with van der Waals surface area (Å²) < 4.78 is 0. The van der Waals surface area contributed by atoms with Crippen molar-refractivity contribution in [2.45, 2.75) is 31.9 Å². The summed E-state index contributed by atoms with van der Waals surface area (Å²) in [4.78, 5) is 4.68. The van der Waals surface area contributed by atoms with Gasteiger partial charge in [0.2, 0.25) is 0 Å². The maximum Gasteiger partial charge on any atom is 0.0564 e. The van der Waals surface area contributed by atoms with Crippen LogP contribution in [0.15, 0.2) is 0 Å². The molecule has 1 aliphatic heterocycles. The van der Waals surface area contributed by atoms with Gasteiger partial charge in [-0.2, -0.15) is 0 Å². The second kappa shape index (κ2) is 4.94. The van der Waals surface area contributed by atoms with Gasteiger partial charge < -0.3 is 14.9 Å². The summed E-state index contributed by atoms with van der Waals surface area (Å²) in [6, 6.07) is 0.607. The summed E-state index contributed by atoms with van der Waals surface area (Å²) >= 11 is 0. The molecule has 1 fully saturated rings. The number of likely N-dealkylation sites (N-methyl/N-ethyl adjacent to an activating group) is 1. The number of aliphatic hydroxyl groups is 1. The third kappa shape index (κ3) is 3.63. The summed E-state index contributed by atoms with van der Waals surface area (Å²) in [7, 11) is 4.23. The molecule has 13 heavy (non-hydrogen) atoms. The third-order valence-corrected chi connectivity index (χ3v) is 2.96. The van der Waals surface area contributed by atoms with E-state index in [9.17, 15) is 5.11 Å². The van der Waals surface area contributed by atoms with Gasteiger partial charge in [-0.1, -0.05) is 0 Å². The van der Waals surface area contributed by atoms with Crippen molar-refractivity contribution in [1.29, 1.82) is 0 Å². The molecule has 0 aromatic heterocycles. The Bertz CT molecular complexity index is 142. The Morgan fingerprint density at radius 1 is 1.38 bits per heavy atom. The summed E-state index contributed by atoms with van der Waals surface area (Å²) in [5.74, 6) is 0. The lowest BCUT2D eigenvalue weighted by molar-refractivity contribution is 0.0714. The second-order valence-corrected chi connectivity index (χ2v) is 4.34. The first-order chi connectivity index (χ1) is 6.09. The largest absolute Gasteiger partial charge is 0.393 e. The van der Waals surface area contributed by atoms with Crippen LogP contribution in [0.1, 0.15) is 19.8 Å². The molecule has 1 aliphatic rings. The van der Waals surface area contributed by atoms with Crippen LogP contribution in [0.2, 0.25) is 0 Å². The lowest BCUT2D eigenvalue weighted by atomic mass is 10.1. The average Bonchev–Trinajstić information content (AvgIpc) is 2.08. The fourth-order valence-electron chi connectivity index (χ4n) is 1.64. The first-order valence-corrected chi connectivity index (χ1v) is 5.16. The SMILES string of the molecule is CC(CN1CCC(O)CC1)N(C)C. The molecule has 1 rings (SSSR count). The molecular formula is C10H22N2O. The zero-order valence-electron chi connectivity index (χ0n) is 9.03. The molecule has 1 heterocycles. The third-order valence-electron chi connectivity index (χ3n) is 2.96. The van der Waals surface area contributed by atoms with Crippen LogP contribution < -0.4 is 0 Å². The van der Waals surface area contributed by atoms with Crippen molar-refractivity contribution in [1.82, 2.24) is 9.80 Å². The number of nitrogens with zero attached hydrogens (tertiary/aromatic N) is 2. The highest BCUT2D eigenvalue weighted by molar-refractivity contribution is 4.74. The first-order valence-electron chi connectivity index (χ1n) is 5.16. The van der Waals surface area contributed by atoms with Crippen LogP contribution in [-0.2, 0) is 0 Å². The summed E-state index contributed by atoms with van der Waals surface area (Å²) in [5.41, 5.74) is 0. The van der Waals surface area contributed by atoms with E-state index in [0.717, 1.165) is 32.5 Å². The monoisotopic (exact) mass is 186 g/mol. The Hall–Kier alpha value is -0.120. The highest BCUT2D eigenvalue weighted by Gasteiger charge is 2.18. The quantitative estimate of drug-likeness (QED) is 0.691. The zero-order valence-corrected chi connectivity index (χ0v) is 9.03. The molecule has 0 saturated carbocycles. The number of rotatable bonds is 3. The normalized spacial score (nSPS) is 23.8. The molecule has 3 nitrogen and oxygen atoms in total. The van der Waals surface area contributed by atoms with Crippen molar-refractivity contribution in [3.63, 3.8) is 0 Å². The molecule has 0 radical (unpaired) electrons. The van der Waals surface area contributed by atoms with Crippen molar-refractivity contribution in [2.24, 2.45) is 0 Å². The van der Waals surface area contributed by atoms with Crippen LogP contribution in [0, 0.1) is 0 Å². The van der Waals surface area contributed by atoms with Crippen LogP contribution in [0.25, 0.3) is 0 Å². The maximum absolute atomic E-state index is 9.33. The van der Waals surface area contributed by atoms with Crippen molar-refractivity contribution in [3.05, 3.63) is 0 Å². The fraction of sp³-hybridized carbons (Fsp3) is 1.00. The van der Waals surface area contributed by atoms with E-state index in [1.807, 2.05) is 0 Å². The van der Waals surface area contributed by atoms with Gasteiger partial charge >= 0.3 is 0 Å². The Kier molecular flexibility index (Phi) is 4.16. The summed E-state index contributed by atoms with van der Waals surface area (Å²) in [5, 5.41) is 9.33. The molecule has 0 aliphatic carbocycles. The molecule has 0 amide bonds. The molecule has 1 N–H and O–H groups in total. The smallest absolute Gasteiger partial charge is 0.0564 e. The molecule has 1 atom stereocenters. The molecule has 0 bridgehead atoms. The molecule has 1 saturated heterocycles. The van der Waals surface area contributed by atoms with Crippen LogP contribution in [0.4, 0.5) is 0 Å². The lowest BCUT2D eigenvalue weighted by Crippen LogP contribution is -2.43. The van der Waals surface area contributed by atoms with E-state index in [-0.39, 0.29) is 6.10 Å². The molecule has 0 aromatic carbocycles. The van der Waals surface area contributed by atoms with Crippen LogP contribution in [0.3, 0.4) is 0 Å². The Balaban J connectivity index is 2.22. The minimum atomic E-state index is -0.0501. The number of likely N-dealkylation sites (tertiary alicyclic amines) is 1. The number of aliphatic hydroxyl groups excluding tert-OH is 1. The van der Waals surface area contributed by atoms with Gasteiger partial charge in [0.25, 0.3) is 0 Å². The van der Waals surface area contributed by atoms with Gasteiger partial charge in [-0.15, -0.1) is 0 Å². The Labute approximate surface area is 81.3 Å². The standard InChI is InChI=1S/C10H22N2O/c1-9(11(2)3)8-12-6-4-10(13)5-7-12/h9-10,13H,4-8H2,1-3H3. The summed E-state index contributed by atoms with van der Waals surface area (Å²) in [6.45, 7) is 5.48. The van der Waals surface area contributed by atoms with Gasteiger partial charge in [-0.25, -0.2) is 0 Å². The van der Waals surface area contributed by atoms with E-state index in [4.69, 9.17) is 0 Å². The number of piperidine rings is 1. The van der Waals surface area contributed by atoms with E-state index < -0.39 is 0 Å². The van der Waals surface area contributed by atoms with Crippen LogP contribution >= 0.6 is 0 Å². The zero-order chi connectivity index (χ0) is 9.84. The molecule has 0 aromatic rings. The minimum absolute atomic E-state index is 0.0501. The molecule has 3 heteroatoms. The topological polar surface area (TPSA) is 26.7 Å². The molecule has 78 valence electrons. The van der Waals surface area contributed by atoms with E-state index in [0.29, 0.717) is 6.04 Å². The van der Waals surface area contributed by atoms with Crippen molar-refractivity contribution < 1.29 is 5.11 Å². The maximum atomic E-state index is 9.33. The van der Waals surface area contributed by atoms with E-state index in [1.54, 1.807) is 0 Å². The van der Waals surface area contributed by atoms with E-state index in [1.165, 1.54) is 0 Å². The highest BCUT2D eigenvalue weighted by atomic mass is 16.3. The predicted octanol–water partition coefficient (Wildman–Crippen LogP) is 0.393. The Morgan fingerprint density at radius 2 is 1.92 bits per heavy atom. The van der Waals surface area contributed by atoms with Gasteiger partial charge in [0.05, 0.1) is 6.10 Å². The highest BCUT2D eigenvalue weighted by Crippen LogP contribution is 2.10. The second-order valence-electron chi connectivity index (χ2n) is 4.34. The fourth-order valence-corrected chi connectivity index (χ4v) is 1.64. The van der Waals surface area contributed by atoms with Crippen LogP contribution in [-0.4, -0.2) is 60.8 Å². The van der Waals surface area contributed by atoms with E-state index in [2.05, 4.69) is 30.8 Å². The van der Waals surface area contributed by atoms with Crippen molar-refractivity contribution in [3.8, 4) is 0 Å². The van der Waals surface area contributed by atoms with Crippen LogP contribution in [0.5, 0.6) is 0 Å². The van der Waals surface area contributed by atoms with Gasteiger partial charge in [-0.3, -0.25) is 0 Å². The number of hydrogen-bond acceptors (Lipinski definition) is 3. The van der Waals surface area contributed by atoms with E-state index >= 15 is 0 Å². The molecule has 1 unspecified atom stereocenters. The molecular weight excluding hydrogens is 164 g/mol. The average molecular weight is 186 g/mol. The van der Waals surface area contributed by atoms with Gasteiger partial charge in [-0.05, 0) is 33.9 Å². The number of hydrogen-bond donors (Lipinski definition) is 1.